The van der Waals surface area contributed by atoms with Crippen molar-refractivity contribution in [3.63, 3.8) is 0 Å². The molecule has 3 aromatic rings. The lowest BCUT2D eigenvalue weighted by molar-refractivity contribution is 0.104. The van der Waals surface area contributed by atoms with Crippen LogP contribution in [0.3, 0.4) is 0 Å². The second-order valence-corrected chi connectivity index (χ2v) is 6.58. The molecule has 124 valence electrons. The average Bonchev–Trinajstić information content (AvgIpc) is 2.63. The van der Waals surface area contributed by atoms with Gasteiger partial charge < -0.3 is 0 Å². The Kier molecular flexibility index (Phi) is 5.37. The SMILES string of the molecule is Cc1cc(-c2cccc(C(=O)/C=C/c3ccccc3Cl)c2)ccc1Cl. The summed E-state index contributed by atoms with van der Waals surface area (Å²) in [6.07, 6.45) is 3.29. The minimum Gasteiger partial charge on any atom is -0.289 e. The van der Waals surface area contributed by atoms with Crippen LogP contribution in [0.5, 0.6) is 0 Å². The zero-order chi connectivity index (χ0) is 17.8. The van der Waals surface area contributed by atoms with Gasteiger partial charge in [-0.15, -0.1) is 0 Å². The highest BCUT2D eigenvalue weighted by atomic mass is 35.5. The van der Waals surface area contributed by atoms with E-state index in [1.165, 1.54) is 0 Å². The highest BCUT2D eigenvalue weighted by molar-refractivity contribution is 6.32. The number of aryl methyl sites for hydroxylation is 1. The zero-order valence-electron chi connectivity index (χ0n) is 13.7. The Morgan fingerprint density at radius 2 is 1.60 bits per heavy atom. The summed E-state index contributed by atoms with van der Waals surface area (Å²) in [7, 11) is 0. The first kappa shape index (κ1) is 17.5. The summed E-state index contributed by atoms with van der Waals surface area (Å²) in [4.78, 5) is 12.5. The number of hydrogen-bond acceptors (Lipinski definition) is 1. The van der Waals surface area contributed by atoms with Gasteiger partial charge in [0.15, 0.2) is 5.78 Å². The van der Waals surface area contributed by atoms with E-state index in [1.807, 2.05) is 67.6 Å². The minimum atomic E-state index is -0.0625. The Bertz CT molecular complexity index is 958. The molecular formula is C22H16Cl2O. The van der Waals surface area contributed by atoms with Gasteiger partial charge >= 0.3 is 0 Å². The number of benzene rings is 3. The van der Waals surface area contributed by atoms with Crippen LogP contribution in [-0.2, 0) is 0 Å². The van der Waals surface area contributed by atoms with Gasteiger partial charge in [-0.3, -0.25) is 4.79 Å². The molecule has 0 atom stereocenters. The first-order chi connectivity index (χ1) is 12.0. The molecule has 0 aliphatic rings. The van der Waals surface area contributed by atoms with Crippen molar-refractivity contribution in [3.05, 3.63) is 99.5 Å². The van der Waals surface area contributed by atoms with Crippen LogP contribution in [0.25, 0.3) is 17.2 Å². The van der Waals surface area contributed by atoms with E-state index in [1.54, 1.807) is 18.2 Å². The van der Waals surface area contributed by atoms with Gasteiger partial charge in [-0.2, -0.15) is 0 Å². The van der Waals surface area contributed by atoms with E-state index >= 15 is 0 Å². The lowest BCUT2D eigenvalue weighted by Crippen LogP contribution is -1.94. The van der Waals surface area contributed by atoms with Gasteiger partial charge in [0.1, 0.15) is 0 Å². The van der Waals surface area contributed by atoms with Crippen molar-refractivity contribution in [2.45, 2.75) is 6.92 Å². The summed E-state index contributed by atoms with van der Waals surface area (Å²) in [6, 6.07) is 20.8. The predicted octanol–water partition coefficient (Wildman–Crippen LogP) is 6.86. The molecule has 3 heteroatoms. The van der Waals surface area contributed by atoms with E-state index in [-0.39, 0.29) is 5.78 Å². The first-order valence-electron chi connectivity index (χ1n) is 7.88. The second kappa shape index (κ2) is 7.69. The fraction of sp³-hybridized carbons (Fsp3) is 0.0455. The van der Waals surface area contributed by atoms with Crippen molar-refractivity contribution in [1.29, 1.82) is 0 Å². The Labute approximate surface area is 157 Å². The van der Waals surface area contributed by atoms with Gasteiger partial charge in [0.2, 0.25) is 0 Å². The molecule has 3 rings (SSSR count). The van der Waals surface area contributed by atoms with E-state index in [2.05, 4.69) is 0 Å². The first-order valence-corrected chi connectivity index (χ1v) is 8.64. The Morgan fingerprint density at radius 3 is 2.36 bits per heavy atom. The van der Waals surface area contributed by atoms with Crippen molar-refractivity contribution in [1.82, 2.24) is 0 Å². The van der Waals surface area contributed by atoms with Crippen molar-refractivity contribution in [2.75, 3.05) is 0 Å². The van der Waals surface area contributed by atoms with Gasteiger partial charge in [-0.1, -0.05) is 65.7 Å². The standard InChI is InChI=1S/C22H16Cl2O/c1-15-13-18(9-11-20(15)23)17-6-4-7-19(14-17)22(25)12-10-16-5-2-3-8-21(16)24/h2-14H,1H3/b12-10+. The predicted molar refractivity (Wildman–Crippen MR) is 106 cm³/mol. The fourth-order valence-electron chi connectivity index (χ4n) is 2.55. The van der Waals surface area contributed by atoms with Crippen LogP contribution in [0.1, 0.15) is 21.5 Å². The lowest BCUT2D eigenvalue weighted by atomic mass is 9.99. The van der Waals surface area contributed by atoms with Gasteiger partial charge in [-0.25, -0.2) is 0 Å². The zero-order valence-corrected chi connectivity index (χ0v) is 15.2. The number of carbonyl (C=O) groups excluding carboxylic acids is 1. The second-order valence-electron chi connectivity index (χ2n) is 5.76. The molecule has 0 saturated carbocycles. The summed E-state index contributed by atoms with van der Waals surface area (Å²) in [5.41, 5.74) is 4.48. The summed E-state index contributed by atoms with van der Waals surface area (Å²) >= 11 is 12.2. The smallest absolute Gasteiger partial charge is 0.185 e. The maximum Gasteiger partial charge on any atom is 0.185 e. The molecule has 25 heavy (non-hydrogen) atoms. The van der Waals surface area contributed by atoms with Crippen LogP contribution >= 0.6 is 23.2 Å². The summed E-state index contributed by atoms with van der Waals surface area (Å²) in [5, 5.41) is 1.36. The molecule has 0 spiro atoms. The van der Waals surface area contributed by atoms with Crippen LogP contribution in [0.2, 0.25) is 10.0 Å². The third kappa shape index (κ3) is 4.19. The molecule has 0 saturated heterocycles. The lowest BCUT2D eigenvalue weighted by Gasteiger charge is -2.06. The topological polar surface area (TPSA) is 17.1 Å². The molecule has 1 nitrogen and oxygen atoms in total. The normalized spacial score (nSPS) is 11.0. The number of allylic oxidation sites excluding steroid dienone is 1. The quantitative estimate of drug-likeness (QED) is 0.363. The molecule has 0 heterocycles. The van der Waals surface area contributed by atoms with Gasteiger partial charge in [0.25, 0.3) is 0 Å². The molecule has 0 unspecified atom stereocenters. The molecule has 0 fully saturated rings. The third-order valence-corrected chi connectivity index (χ3v) is 4.73. The van der Waals surface area contributed by atoms with E-state index in [0.717, 1.165) is 27.3 Å². The Balaban J connectivity index is 1.87. The highest BCUT2D eigenvalue weighted by Gasteiger charge is 2.06. The molecule has 0 bridgehead atoms. The van der Waals surface area contributed by atoms with Crippen molar-refractivity contribution in [2.24, 2.45) is 0 Å². The molecule has 0 radical (unpaired) electrons. The maximum atomic E-state index is 12.5. The largest absolute Gasteiger partial charge is 0.289 e. The Hall–Kier alpha value is -2.35. The van der Waals surface area contributed by atoms with Gasteiger partial charge in [0.05, 0.1) is 0 Å². The van der Waals surface area contributed by atoms with E-state index in [9.17, 15) is 4.79 Å². The number of carbonyl (C=O) groups is 1. The molecule has 0 amide bonds. The Morgan fingerprint density at radius 1 is 0.840 bits per heavy atom. The van der Waals surface area contributed by atoms with E-state index in [4.69, 9.17) is 23.2 Å². The van der Waals surface area contributed by atoms with Crippen molar-refractivity contribution in [3.8, 4) is 11.1 Å². The van der Waals surface area contributed by atoms with Crippen LogP contribution in [0.4, 0.5) is 0 Å². The number of hydrogen-bond donors (Lipinski definition) is 0. The summed E-state index contributed by atoms with van der Waals surface area (Å²) < 4.78 is 0. The summed E-state index contributed by atoms with van der Waals surface area (Å²) in [6.45, 7) is 1.97. The third-order valence-electron chi connectivity index (χ3n) is 3.96. The fourth-order valence-corrected chi connectivity index (χ4v) is 2.86. The van der Waals surface area contributed by atoms with Crippen LogP contribution < -0.4 is 0 Å². The molecule has 0 aliphatic carbocycles. The highest BCUT2D eigenvalue weighted by Crippen LogP contribution is 2.26. The van der Waals surface area contributed by atoms with Crippen LogP contribution in [-0.4, -0.2) is 5.78 Å². The van der Waals surface area contributed by atoms with Crippen molar-refractivity contribution < 1.29 is 4.79 Å². The molecule has 0 N–H and O–H groups in total. The maximum absolute atomic E-state index is 12.5. The van der Waals surface area contributed by atoms with Gasteiger partial charge in [0, 0.05) is 15.6 Å². The monoisotopic (exact) mass is 366 g/mol. The van der Waals surface area contributed by atoms with E-state index in [0.29, 0.717) is 10.6 Å². The molecule has 0 aromatic heterocycles. The number of rotatable bonds is 4. The van der Waals surface area contributed by atoms with Crippen molar-refractivity contribution >= 4 is 35.1 Å². The number of ketones is 1. The summed E-state index contributed by atoms with van der Waals surface area (Å²) in [5.74, 6) is -0.0625. The van der Waals surface area contributed by atoms with Crippen LogP contribution in [0.15, 0.2) is 72.8 Å². The van der Waals surface area contributed by atoms with E-state index < -0.39 is 0 Å². The van der Waals surface area contributed by atoms with Gasteiger partial charge in [-0.05, 0) is 65.6 Å². The number of halogens is 2. The average molecular weight is 367 g/mol. The molecular weight excluding hydrogens is 351 g/mol. The molecule has 0 aliphatic heterocycles. The molecule has 3 aromatic carbocycles. The van der Waals surface area contributed by atoms with Crippen LogP contribution in [0, 0.1) is 6.92 Å². The minimum absolute atomic E-state index is 0.0625.